The van der Waals surface area contributed by atoms with Gasteiger partial charge in [-0.1, -0.05) is 6.07 Å². The highest BCUT2D eigenvalue weighted by Crippen LogP contribution is 2.26. The van der Waals surface area contributed by atoms with Crippen LogP contribution in [0.25, 0.3) is 0 Å². The number of sulfonamides is 1. The van der Waals surface area contributed by atoms with Crippen molar-refractivity contribution in [1.82, 2.24) is 10.2 Å². The minimum Gasteiger partial charge on any atom is -0.326 e. The number of aromatic amines is 1. The number of anilines is 1. The molecule has 0 amide bonds. The van der Waals surface area contributed by atoms with E-state index in [4.69, 9.17) is 5.73 Å². The summed E-state index contributed by atoms with van der Waals surface area (Å²) in [6.07, 6.45) is 1.40. The number of halogens is 1. The van der Waals surface area contributed by atoms with Gasteiger partial charge in [0.25, 0.3) is 10.0 Å². The van der Waals surface area contributed by atoms with Crippen LogP contribution in [0.15, 0.2) is 33.9 Å². The number of aryl methyl sites for hydroxylation is 1. The van der Waals surface area contributed by atoms with Crippen molar-refractivity contribution < 1.29 is 8.42 Å². The third kappa shape index (κ3) is 2.96. The van der Waals surface area contributed by atoms with Crippen molar-refractivity contribution in [3.63, 3.8) is 0 Å². The predicted octanol–water partition coefficient (Wildman–Crippen LogP) is 1.74. The zero-order chi connectivity index (χ0) is 14.0. The maximum Gasteiger partial charge on any atom is 0.279 e. The molecule has 0 aliphatic heterocycles. The second-order valence-corrected chi connectivity index (χ2v) is 6.49. The molecule has 1 heterocycles. The lowest BCUT2D eigenvalue weighted by Crippen LogP contribution is -2.16. The Kier molecular flexibility index (Phi) is 3.93. The van der Waals surface area contributed by atoms with Crippen LogP contribution < -0.4 is 10.5 Å². The molecular formula is C11H13BrN4O2S. The van der Waals surface area contributed by atoms with Gasteiger partial charge in [-0.2, -0.15) is 13.5 Å². The number of hydrogen-bond acceptors (Lipinski definition) is 4. The first kappa shape index (κ1) is 14.0. The van der Waals surface area contributed by atoms with Crippen LogP contribution >= 0.6 is 15.9 Å². The van der Waals surface area contributed by atoms with Crippen LogP contribution in [0.2, 0.25) is 0 Å². The number of rotatable bonds is 4. The molecule has 0 saturated heterocycles. The normalized spacial score (nSPS) is 11.5. The standard InChI is InChI=1S/C11H13BrN4O2S/c1-7-2-3-10(9(12)4-7)16-19(17,18)11-8(5-13)6-14-15-11/h2-4,6,16H,5,13H2,1H3,(H,14,15). The molecule has 8 heteroatoms. The first-order valence-electron chi connectivity index (χ1n) is 5.45. The molecule has 2 aromatic rings. The Morgan fingerprint density at radius 3 is 2.84 bits per heavy atom. The summed E-state index contributed by atoms with van der Waals surface area (Å²) < 4.78 is 27.6. The van der Waals surface area contributed by atoms with Gasteiger partial charge in [0.05, 0.1) is 11.9 Å². The fourth-order valence-electron chi connectivity index (χ4n) is 1.58. The van der Waals surface area contributed by atoms with Crippen molar-refractivity contribution in [3.8, 4) is 0 Å². The molecule has 0 aliphatic rings. The molecule has 0 bridgehead atoms. The van der Waals surface area contributed by atoms with Gasteiger partial charge in [-0.15, -0.1) is 0 Å². The first-order valence-corrected chi connectivity index (χ1v) is 7.73. The number of H-pyrrole nitrogens is 1. The van der Waals surface area contributed by atoms with Crippen LogP contribution in [0, 0.1) is 6.92 Å². The van der Waals surface area contributed by atoms with Crippen LogP contribution in [-0.4, -0.2) is 18.6 Å². The summed E-state index contributed by atoms with van der Waals surface area (Å²) in [7, 11) is -3.73. The molecule has 0 fully saturated rings. The molecule has 0 radical (unpaired) electrons. The summed E-state index contributed by atoms with van der Waals surface area (Å²) in [4.78, 5) is 0. The Morgan fingerprint density at radius 2 is 2.21 bits per heavy atom. The van der Waals surface area contributed by atoms with E-state index in [1.54, 1.807) is 6.07 Å². The second kappa shape index (κ2) is 5.32. The Balaban J connectivity index is 2.37. The van der Waals surface area contributed by atoms with Gasteiger partial charge in [-0.25, -0.2) is 0 Å². The lowest BCUT2D eigenvalue weighted by Gasteiger charge is -2.10. The van der Waals surface area contributed by atoms with E-state index in [1.165, 1.54) is 6.20 Å². The number of nitrogens with two attached hydrogens (primary N) is 1. The van der Waals surface area contributed by atoms with Crippen molar-refractivity contribution in [2.24, 2.45) is 5.73 Å². The van der Waals surface area contributed by atoms with E-state index < -0.39 is 10.0 Å². The lowest BCUT2D eigenvalue weighted by molar-refractivity contribution is 0.596. The van der Waals surface area contributed by atoms with Crippen molar-refractivity contribution >= 4 is 31.6 Å². The molecule has 1 aromatic heterocycles. The SMILES string of the molecule is Cc1ccc(NS(=O)(=O)c2[nH]ncc2CN)c(Br)c1. The molecule has 0 atom stereocenters. The third-order valence-corrected chi connectivity index (χ3v) is 4.57. The van der Waals surface area contributed by atoms with Crippen LogP contribution in [0.4, 0.5) is 5.69 Å². The summed E-state index contributed by atoms with van der Waals surface area (Å²) in [6.45, 7) is 2.02. The highest BCUT2D eigenvalue weighted by Gasteiger charge is 2.21. The quantitative estimate of drug-likeness (QED) is 0.786. The number of hydrogen-bond donors (Lipinski definition) is 3. The monoisotopic (exact) mass is 344 g/mol. The van der Waals surface area contributed by atoms with Gasteiger partial charge in [-0.05, 0) is 40.5 Å². The average molecular weight is 345 g/mol. The highest BCUT2D eigenvalue weighted by atomic mass is 79.9. The van der Waals surface area contributed by atoms with Crippen LogP contribution in [0.3, 0.4) is 0 Å². The molecule has 19 heavy (non-hydrogen) atoms. The van der Waals surface area contributed by atoms with Gasteiger partial charge in [0.15, 0.2) is 5.03 Å². The maximum atomic E-state index is 12.2. The zero-order valence-corrected chi connectivity index (χ0v) is 12.5. The molecule has 0 aliphatic carbocycles. The largest absolute Gasteiger partial charge is 0.326 e. The van der Waals surface area contributed by atoms with Gasteiger partial charge >= 0.3 is 0 Å². The molecule has 0 saturated carbocycles. The first-order chi connectivity index (χ1) is 8.94. The van der Waals surface area contributed by atoms with E-state index in [2.05, 4.69) is 30.8 Å². The van der Waals surface area contributed by atoms with Gasteiger partial charge in [0.1, 0.15) is 0 Å². The summed E-state index contributed by atoms with van der Waals surface area (Å²) in [6, 6.07) is 5.34. The summed E-state index contributed by atoms with van der Waals surface area (Å²) >= 11 is 3.32. The van der Waals surface area contributed by atoms with E-state index >= 15 is 0 Å². The second-order valence-electron chi connectivity index (χ2n) is 4.02. The fourth-order valence-corrected chi connectivity index (χ4v) is 3.52. The molecule has 6 nitrogen and oxygen atoms in total. The van der Waals surface area contributed by atoms with E-state index in [1.807, 2.05) is 19.1 Å². The Labute approximate surface area is 119 Å². The van der Waals surface area contributed by atoms with Crippen molar-refractivity contribution in [2.75, 3.05) is 4.72 Å². The van der Waals surface area contributed by atoms with Crippen LogP contribution in [0.1, 0.15) is 11.1 Å². The van der Waals surface area contributed by atoms with Crippen LogP contribution in [0.5, 0.6) is 0 Å². The van der Waals surface area contributed by atoms with Gasteiger partial charge in [-0.3, -0.25) is 9.82 Å². The van der Waals surface area contributed by atoms with Crippen LogP contribution in [-0.2, 0) is 16.6 Å². The smallest absolute Gasteiger partial charge is 0.279 e. The molecule has 2 rings (SSSR count). The third-order valence-electron chi connectivity index (χ3n) is 2.54. The minimum absolute atomic E-state index is 0.0116. The number of benzene rings is 1. The molecular weight excluding hydrogens is 332 g/mol. The topological polar surface area (TPSA) is 101 Å². The fraction of sp³-hybridized carbons (Fsp3) is 0.182. The van der Waals surface area contributed by atoms with Gasteiger partial charge in [0, 0.05) is 16.6 Å². The Hall–Kier alpha value is -1.38. The number of aromatic nitrogens is 2. The van der Waals surface area contributed by atoms with Gasteiger partial charge < -0.3 is 5.73 Å². The predicted molar refractivity (Wildman–Crippen MR) is 76.2 cm³/mol. The van der Waals surface area contributed by atoms with Crippen molar-refractivity contribution in [2.45, 2.75) is 18.5 Å². The molecule has 0 unspecified atom stereocenters. The Morgan fingerprint density at radius 1 is 1.47 bits per heavy atom. The summed E-state index contributed by atoms with van der Waals surface area (Å²) in [5.41, 5.74) is 7.40. The highest BCUT2D eigenvalue weighted by molar-refractivity contribution is 9.10. The molecule has 0 spiro atoms. The zero-order valence-electron chi connectivity index (χ0n) is 10.1. The molecule has 102 valence electrons. The Bertz CT molecular complexity index is 696. The van der Waals surface area contributed by atoms with E-state index in [0.717, 1.165) is 5.56 Å². The summed E-state index contributed by atoms with van der Waals surface area (Å²) in [5.74, 6) is 0. The number of nitrogens with one attached hydrogen (secondary N) is 2. The van der Waals surface area contributed by atoms with E-state index in [0.29, 0.717) is 15.7 Å². The van der Waals surface area contributed by atoms with Gasteiger partial charge in [0.2, 0.25) is 0 Å². The van der Waals surface area contributed by atoms with Crippen molar-refractivity contribution in [3.05, 3.63) is 40.0 Å². The average Bonchev–Trinajstić information content (AvgIpc) is 2.82. The number of nitrogens with zero attached hydrogens (tertiary/aromatic N) is 1. The molecule has 1 aromatic carbocycles. The maximum absolute atomic E-state index is 12.2. The molecule has 4 N–H and O–H groups in total. The minimum atomic E-state index is -3.73. The van der Waals surface area contributed by atoms with E-state index in [-0.39, 0.29) is 11.6 Å². The van der Waals surface area contributed by atoms with Crippen molar-refractivity contribution in [1.29, 1.82) is 0 Å². The van der Waals surface area contributed by atoms with E-state index in [9.17, 15) is 8.42 Å². The lowest BCUT2D eigenvalue weighted by atomic mass is 10.2. The summed E-state index contributed by atoms with van der Waals surface area (Å²) in [5, 5.41) is 6.14.